The molecular weight excluding hydrogens is 500 g/mol. The Morgan fingerprint density at radius 2 is 1.94 bits per heavy atom. The first kappa shape index (κ1) is 24.4. The lowest BCUT2D eigenvalue weighted by Crippen LogP contribution is -2.39. The number of sulfone groups is 1. The van der Waals surface area contributed by atoms with E-state index in [9.17, 15) is 18.5 Å². The van der Waals surface area contributed by atoms with E-state index in [4.69, 9.17) is 11.6 Å². The Morgan fingerprint density at radius 3 is 2.64 bits per heavy atom. The largest absolute Gasteiger partial charge is 0.310 e. The van der Waals surface area contributed by atoms with Crippen LogP contribution in [0.5, 0.6) is 0 Å². The molecule has 0 bridgehead atoms. The molecule has 4 aromatic rings. The molecule has 1 N–H and O–H groups in total. The molecule has 0 unspecified atom stereocenters. The number of hydrogen-bond donors (Lipinski definition) is 1. The minimum atomic E-state index is -3.68. The highest BCUT2D eigenvalue weighted by Gasteiger charge is 2.33. The fraction of sp³-hybridized carbons (Fsp3) is 0.360. The molecule has 0 spiro atoms. The molecule has 5 rings (SSSR count). The van der Waals surface area contributed by atoms with Crippen LogP contribution in [0.4, 0.5) is 0 Å². The van der Waals surface area contributed by atoms with Gasteiger partial charge in [-0.05, 0) is 63.2 Å². The molecule has 36 heavy (non-hydrogen) atoms. The molecular formula is C25H25ClN6O3S. The lowest BCUT2D eigenvalue weighted by atomic mass is 10.1. The van der Waals surface area contributed by atoms with Crippen molar-refractivity contribution in [1.29, 1.82) is 5.26 Å². The van der Waals surface area contributed by atoms with Crippen molar-refractivity contribution in [3.8, 4) is 6.07 Å². The van der Waals surface area contributed by atoms with E-state index in [0.29, 0.717) is 35.6 Å². The van der Waals surface area contributed by atoms with E-state index in [-0.39, 0.29) is 27.2 Å². The van der Waals surface area contributed by atoms with Gasteiger partial charge in [-0.2, -0.15) is 5.26 Å². The van der Waals surface area contributed by atoms with Gasteiger partial charge in [-0.25, -0.2) is 18.4 Å². The quantitative estimate of drug-likeness (QED) is 0.425. The van der Waals surface area contributed by atoms with Crippen molar-refractivity contribution in [2.24, 2.45) is 0 Å². The zero-order valence-electron chi connectivity index (χ0n) is 20.0. The van der Waals surface area contributed by atoms with Crippen molar-refractivity contribution in [2.45, 2.75) is 43.3 Å². The Bertz CT molecular complexity index is 1700. The number of aryl methyl sites for hydroxylation is 1. The number of halogens is 1. The molecule has 1 aromatic carbocycles. The second-order valence-electron chi connectivity index (χ2n) is 9.15. The van der Waals surface area contributed by atoms with Gasteiger partial charge in [0.05, 0.1) is 37.3 Å². The Morgan fingerprint density at radius 1 is 1.19 bits per heavy atom. The number of aromatic nitrogens is 4. The van der Waals surface area contributed by atoms with Crippen LogP contribution in [0.15, 0.2) is 40.3 Å². The highest BCUT2D eigenvalue weighted by molar-refractivity contribution is 7.92. The Hall–Kier alpha value is -3.26. The first-order valence-electron chi connectivity index (χ1n) is 11.8. The molecule has 1 saturated heterocycles. The van der Waals surface area contributed by atoms with Gasteiger partial charge in [-0.3, -0.25) is 4.79 Å². The maximum atomic E-state index is 13.4. The number of nitrogens with one attached hydrogen (secondary N) is 1. The van der Waals surface area contributed by atoms with E-state index in [0.717, 1.165) is 25.2 Å². The van der Waals surface area contributed by atoms with Gasteiger partial charge in [0.25, 0.3) is 5.56 Å². The number of imidazole rings is 1. The summed E-state index contributed by atoms with van der Waals surface area (Å²) in [5, 5.41) is 9.01. The highest BCUT2D eigenvalue weighted by Crippen LogP contribution is 2.31. The number of hydrogen-bond acceptors (Lipinski definition) is 7. The van der Waals surface area contributed by atoms with Crippen molar-refractivity contribution in [3.05, 3.63) is 68.6 Å². The van der Waals surface area contributed by atoms with Gasteiger partial charge in [-0.15, -0.1) is 0 Å². The molecule has 9 nitrogen and oxygen atoms in total. The van der Waals surface area contributed by atoms with E-state index in [1.165, 1.54) is 12.1 Å². The van der Waals surface area contributed by atoms with Crippen LogP contribution in [-0.2, 0) is 16.3 Å². The lowest BCUT2D eigenvalue weighted by molar-refractivity contribution is 0.241. The lowest BCUT2D eigenvalue weighted by Gasteiger charge is -2.30. The van der Waals surface area contributed by atoms with Crippen molar-refractivity contribution < 1.29 is 8.42 Å². The molecule has 0 atom stereocenters. The minimum Gasteiger partial charge on any atom is -0.310 e. The predicted octanol–water partition coefficient (Wildman–Crippen LogP) is 3.25. The summed E-state index contributed by atoms with van der Waals surface area (Å²) in [7, 11) is -3.68. The number of piperidine rings is 1. The van der Waals surface area contributed by atoms with Crippen molar-refractivity contribution in [3.63, 3.8) is 0 Å². The number of pyridine rings is 1. The minimum absolute atomic E-state index is 0.0166. The average molecular weight is 525 g/mol. The third-order valence-corrected chi connectivity index (χ3v) is 9.58. The summed E-state index contributed by atoms with van der Waals surface area (Å²) in [6.07, 6.45) is 4.80. The van der Waals surface area contributed by atoms with E-state index in [1.54, 1.807) is 16.8 Å². The monoisotopic (exact) mass is 524 g/mol. The van der Waals surface area contributed by atoms with E-state index < -0.39 is 20.6 Å². The van der Waals surface area contributed by atoms with Gasteiger partial charge in [0, 0.05) is 18.8 Å². The molecule has 1 fully saturated rings. The van der Waals surface area contributed by atoms with Crippen LogP contribution in [0.3, 0.4) is 0 Å². The van der Waals surface area contributed by atoms with Crippen LogP contribution < -0.4 is 5.56 Å². The summed E-state index contributed by atoms with van der Waals surface area (Å²) < 4.78 is 28.6. The normalized spacial score (nSPS) is 15.5. The molecule has 0 amide bonds. The summed E-state index contributed by atoms with van der Waals surface area (Å²) in [5.74, 6) is 0.357. The Kier molecular flexibility index (Phi) is 6.32. The summed E-state index contributed by atoms with van der Waals surface area (Å²) >= 11 is 6.38. The van der Waals surface area contributed by atoms with Gasteiger partial charge in [0.2, 0.25) is 0 Å². The number of nitrogens with zero attached hydrogens (tertiary/aromatic N) is 5. The molecule has 186 valence electrons. The van der Waals surface area contributed by atoms with Gasteiger partial charge >= 0.3 is 0 Å². The summed E-state index contributed by atoms with van der Waals surface area (Å²) in [5.41, 5.74) is 2.58. The molecule has 11 heteroatoms. The van der Waals surface area contributed by atoms with Gasteiger partial charge in [0.15, 0.2) is 9.84 Å². The fourth-order valence-corrected chi connectivity index (χ4v) is 7.05. The fourth-order valence-electron chi connectivity index (χ4n) is 4.76. The SMILES string of the molecule is CCN1CCC(S(=O)(=O)c2cc3nc(Cc4cn5cc(C#N)c(C)cc5n4)[nH]c(=O)c3cc2Cl)CC1. The van der Waals surface area contributed by atoms with E-state index in [2.05, 4.69) is 32.8 Å². The third-order valence-electron chi connectivity index (χ3n) is 6.85. The highest BCUT2D eigenvalue weighted by atomic mass is 35.5. The topological polar surface area (TPSA) is 124 Å². The molecule has 1 aliphatic rings. The molecule has 4 heterocycles. The predicted molar refractivity (Wildman–Crippen MR) is 137 cm³/mol. The number of aromatic amines is 1. The molecule has 0 saturated carbocycles. The Labute approximate surface area is 213 Å². The molecule has 3 aromatic heterocycles. The van der Waals surface area contributed by atoms with Crippen LogP contribution in [0.25, 0.3) is 16.6 Å². The second-order valence-corrected chi connectivity index (χ2v) is 11.8. The second kappa shape index (κ2) is 9.32. The number of likely N-dealkylation sites (tertiary alicyclic amines) is 1. The maximum absolute atomic E-state index is 13.4. The van der Waals surface area contributed by atoms with Crippen LogP contribution >= 0.6 is 11.6 Å². The van der Waals surface area contributed by atoms with E-state index in [1.807, 2.05) is 13.0 Å². The van der Waals surface area contributed by atoms with Gasteiger partial charge in [-0.1, -0.05) is 18.5 Å². The number of fused-ring (bicyclic) bond motifs is 2. The van der Waals surface area contributed by atoms with Crippen LogP contribution in [-0.4, -0.2) is 57.6 Å². The summed E-state index contributed by atoms with van der Waals surface area (Å²) in [6, 6.07) is 6.78. The average Bonchev–Trinajstić information content (AvgIpc) is 3.24. The molecule has 0 aliphatic carbocycles. The zero-order valence-corrected chi connectivity index (χ0v) is 21.5. The van der Waals surface area contributed by atoms with Crippen LogP contribution in [0.1, 0.15) is 42.4 Å². The Balaban J connectivity index is 1.50. The number of rotatable bonds is 5. The van der Waals surface area contributed by atoms with Gasteiger partial charge < -0.3 is 14.3 Å². The smallest absolute Gasteiger partial charge is 0.258 e. The molecule has 0 radical (unpaired) electrons. The number of H-pyrrole nitrogens is 1. The first-order valence-corrected chi connectivity index (χ1v) is 13.7. The first-order chi connectivity index (χ1) is 17.2. The standard InChI is InChI=1S/C25H25ClN6O3S/c1-3-31-6-4-18(5-7-31)36(34,35)22-11-21-19(10-20(22)26)25(33)30-23(29-21)9-17-14-32-13-16(12-27)15(2)8-24(32)28-17/h8,10-11,13-14,18H,3-7,9H2,1-2H3,(H,29,30,33). The zero-order chi connectivity index (χ0) is 25.6. The van der Waals surface area contributed by atoms with Gasteiger partial charge in [0.1, 0.15) is 17.5 Å². The van der Waals surface area contributed by atoms with Crippen molar-refractivity contribution in [1.82, 2.24) is 24.3 Å². The van der Waals surface area contributed by atoms with Crippen molar-refractivity contribution >= 4 is 38.0 Å². The van der Waals surface area contributed by atoms with E-state index >= 15 is 0 Å². The number of benzene rings is 1. The third kappa shape index (κ3) is 4.39. The summed E-state index contributed by atoms with van der Waals surface area (Å²) in [4.78, 5) is 26.9. The van der Waals surface area contributed by atoms with Crippen molar-refractivity contribution in [2.75, 3.05) is 19.6 Å². The summed E-state index contributed by atoms with van der Waals surface area (Å²) in [6.45, 7) is 6.25. The number of nitriles is 1. The van der Waals surface area contributed by atoms with Crippen LogP contribution in [0, 0.1) is 18.3 Å². The molecule has 1 aliphatic heterocycles. The maximum Gasteiger partial charge on any atom is 0.258 e. The van der Waals surface area contributed by atoms with Crippen LogP contribution in [0.2, 0.25) is 5.02 Å².